The Labute approximate surface area is 185 Å². The number of benzene rings is 1. The van der Waals surface area contributed by atoms with Gasteiger partial charge in [0.1, 0.15) is 6.04 Å². The maximum Gasteiger partial charge on any atom is 0.241 e. The van der Waals surface area contributed by atoms with Crippen LogP contribution in [0.1, 0.15) is 28.8 Å². The summed E-state index contributed by atoms with van der Waals surface area (Å²) in [5, 5.41) is 10.4. The van der Waals surface area contributed by atoms with Crippen LogP contribution in [0.4, 0.5) is 0 Å². The molecule has 2 atom stereocenters. The van der Waals surface area contributed by atoms with Crippen LogP contribution in [-0.2, 0) is 16.6 Å². The van der Waals surface area contributed by atoms with E-state index in [1.165, 1.54) is 11.1 Å². The fourth-order valence-corrected chi connectivity index (χ4v) is 3.47. The molecule has 1 saturated heterocycles. The van der Waals surface area contributed by atoms with Gasteiger partial charge in [-0.15, -0.1) is 24.8 Å². The summed E-state index contributed by atoms with van der Waals surface area (Å²) in [6.45, 7) is 5.83. The van der Waals surface area contributed by atoms with Crippen molar-refractivity contribution in [1.29, 1.82) is 0 Å². The lowest BCUT2D eigenvalue weighted by Crippen LogP contribution is -2.45. The van der Waals surface area contributed by atoms with Gasteiger partial charge in [0.25, 0.3) is 0 Å². The number of nitrogens with one attached hydrogen (secondary N) is 2. The van der Waals surface area contributed by atoms with Gasteiger partial charge in [-0.1, -0.05) is 29.8 Å². The van der Waals surface area contributed by atoms with Crippen molar-refractivity contribution in [1.82, 2.24) is 25.3 Å². The first kappa shape index (κ1) is 25.4. The van der Waals surface area contributed by atoms with Crippen LogP contribution in [0.25, 0.3) is 0 Å². The van der Waals surface area contributed by atoms with Crippen molar-refractivity contribution < 1.29 is 9.53 Å². The van der Waals surface area contributed by atoms with E-state index in [4.69, 9.17) is 4.74 Å². The molecule has 1 aliphatic rings. The van der Waals surface area contributed by atoms with Crippen molar-refractivity contribution in [3.05, 3.63) is 53.3 Å². The Hall–Kier alpha value is -1.64. The molecule has 1 aromatic carbocycles. The molecule has 2 unspecified atom stereocenters. The molecule has 3 rings (SSSR count). The second-order valence-electron chi connectivity index (χ2n) is 6.99. The molecule has 2 heterocycles. The maximum absolute atomic E-state index is 12.8. The molecule has 2 N–H and O–H groups in total. The van der Waals surface area contributed by atoms with Gasteiger partial charge in [-0.25, -0.2) is 0 Å². The number of morpholine rings is 1. The number of rotatable bonds is 7. The molecule has 0 bridgehead atoms. The van der Waals surface area contributed by atoms with Crippen LogP contribution in [0, 0.1) is 6.92 Å². The van der Waals surface area contributed by atoms with Crippen molar-refractivity contribution in [2.75, 3.05) is 39.9 Å². The molecule has 0 aliphatic carbocycles. The Morgan fingerprint density at radius 2 is 1.83 bits per heavy atom. The largest absolute Gasteiger partial charge is 0.379 e. The zero-order valence-corrected chi connectivity index (χ0v) is 18.8. The number of carbonyl (C=O) groups excluding carboxylic acids is 1. The lowest BCUT2D eigenvalue weighted by molar-refractivity contribution is -0.123. The normalized spacial score (nSPS) is 16.2. The smallest absolute Gasteiger partial charge is 0.241 e. The molecule has 1 fully saturated rings. The number of ether oxygens (including phenoxy) is 1. The van der Waals surface area contributed by atoms with E-state index >= 15 is 0 Å². The number of hydrogen-bond donors (Lipinski definition) is 2. The second kappa shape index (κ2) is 12.1. The minimum absolute atomic E-state index is 0. The molecule has 1 aliphatic heterocycles. The zero-order valence-electron chi connectivity index (χ0n) is 17.1. The molecule has 1 amide bonds. The van der Waals surface area contributed by atoms with Crippen LogP contribution in [0.5, 0.6) is 0 Å². The van der Waals surface area contributed by atoms with Crippen LogP contribution in [-0.4, -0.2) is 60.5 Å². The highest BCUT2D eigenvalue weighted by molar-refractivity contribution is 5.85. The first-order valence-electron chi connectivity index (χ1n) is 9.40. The summed E-state index contributed by atoms with van der Waals surface area (Å²) in [5.41, 5.74) is 3.30. The molecule has 7 nitrogen and oxygen atoms in total. The van der Waals surface area contributed by atoms with Crippen LogP contribution >= 0.6 is 24.8 Å². The second-order valence-corrected chi connectivity index (χ2v) is 6.99. The summed E-state index contributed by atoms with van der Waals surface area (Å²) in [5.74, 6) is -0.0455. The van der Waals surface area contributed by atoms with Crippen LogP contribution in [0.3, 0.4) is 0 Å². The number of aryl methyl sites for hydroxylation is 2. The fourth-order valence-electron chi connectivity index (χ4n) is 3.47. The summed E-state index contributed by atoms with van der Waals surface area (Å²) in [4.78, 5) is 15.2. The zero-order chi connectivity index (χ0) is 19.2. The van der Waals surface area contributed by atoms with Crippen LogP contribution in [0.2, 0.25) is 0 Å². The van der Waals surface area contributed by atoms with Gasteiger partial charge in [0.05, 0.1) is 25.5 Å². The van der Waals surface area contributed by atoms with E-state index < -0.39 is 6.04 Å². The number of carbonyl (C=O) groups is 1. The number of amides is 1. The van der Waals surface area contributed by atoms with Gasteiger partial charge in [0, 0.05) is 38.4 Å². The summed E-state index contributed by atoms with van der Waals surface area (Å²) in [6.07, 6.45) is 3.58. The van der Waals surface area contributed by atoms with E-state index in [-0.39, 0.29) is 36.8 Å². The number of hydrogen-bond acceptors (Lipinski definition) is 5. The third-order valence-electron chi connectivity index (χ3n) is 5.03. The van der Waals surface area contributed by atoms with Gasteiger partial charge in [-0.05, 0) is 19.5 Å². The average Bonchev–Trinajstić information content (AvgIpc) is 3.11. The van der Waals surface area contributed by atoms with Crippen molar-refractivity contribution in [3.8, 4) is 0 Å². The minimum atomic E-state index is -0.415. The number of halogens is 2. The maximum atomic E-state index is 12.8. The molecule has 162 valence electrons. The third kappa shape index (κ3) is 6.69. The Morgan fingerprint density at radius 1 is 1.17 bits per heavy atom. The molecule has 0 spiro atoms. The molecule has 0 saturated carbocycles. The van der Waals surface area contributed by atoms with E-state index in [1.807, 2.05) is 13.2 Å². The predicted octanol–water partition coefficient (Wildman–Crippen LogP) is 2.02. The quantitative estimate of drug-likeness (QED) is 0.684. The number of aromatic nitrogens is 2. The van der Waals surface area contributed by atoms with E-state index in [1.54, 1.807) is 17.9 Å². The molecule has 1 aromatic heterocycles. The van der Waals surface area contributed by atoms with Gasteiger partial charge >= 0.3 is 0 Å². The molecule has 2 aromatic rings. The highest BCUT2D eigenvalue weighted by Crippen LogP contribution is 2.22. The molecule has 29 heavy (non-hydrogen) atoms. The summed E-state index contributed by atoms with van der Waals surface area (Å²) in [6, 6.07) is 8.26. The van der Waals surface area contributed by atoms with Crippen molar-refractivity contribution in [3.63, 3.8) is 0 Å². The first-order valence-corrected chi connectivity index (χ1v) is 9.40. The van der Waals surface area contributed by atoms with Crippen molar-refractivity contribution >= 4 is 30.7 Å². The molecule has 0 radical (unpaired) electrons. The SMILES string of the molecule is CNC(C(=O)NCC(c1ccc(C)cc1)N1CCOCC1)c1cnn(C)c1.Cl.Cl. The summed E-state index contributed by atoms with van der Waals surface area (Å²) >= 11 is 0. The Kier molecular flexibility index (Phi) is 10.6. The molecular weight excluding hydrogens is 413 g/mol. The van der Waals surface area contributed by atoms with E-state index in [2.05, 4.69) is 51.8 Å². The number of nitrogens with zero attached hydrogens (tertiary/aromatic N) is 3. The molecular formula is C20H31Cl2N5O2. The van der Waals surface area contributed by atoms with E-state index in [9.17, 15) is 4.79 Å². The highest BCUT2D eigenvalue weighted by atomic mass is 35.5. The molecule has 9 heteroatoms. The Morgan fingerprint density at radius 3 is 2.38 bits per heavy atom. The van der Waals surface area contributed by atoms with Gasteiger partial charge < -0.3 is 15.4 Å². The van der Waals surface area contributed by atoms with Gasteiger partial charge in [-0.2, -0.15) is 5.10 Å². The minimum Gasteiger partial charge on any atom is -0.379 e. The van der Waals surface area contributed by atoms with E-state index in [0.717, 1.165) is 31.9 Å². The summed E-state index contributed by atoms with van der Waals surface area (Å²) < 4.78 is 7.20. The lowest BCUT2D eigenvalue weighted by Gasteiger charge is -2.35. The monoisotopic (exact) mass is 443 g/mol. The predicted molar refractivity (Wildman–Crippen MR) is 119 cm³/mol. The number of likely N-dealkylation sites (N-methyl/N-ethyl adjacent to an activating group) is 1. The Balaban J connectivity index is 0.00000210. The average molecular weight is 444 g/mol. The van der Waals surface area contributed by atoms with Gasteiger partial charge in [-0.3, -0.25) is 14.4 Å². The van der Waals surface area contributed by atoms with Gasteiger partial charge in [0.15, 0.2) is 0 Å². The van der Waals surface area contributed by atoms with Crippen LogP contribution < -0.4 is 10.6 Å². The summed E-state index contributed by atoms with van der Waals surface area (Å²) in [7, 11) is 3.64. The topological polar surface area (TPSA) is 71.4 Å². The standard InChI is InChI=1S/C20H29N5O2.2ClH/c1-15-4-6-16(7-5-15)18(25-8-10-27-11-9-25)13-22-20(26)19(21-2)17-12-23-24(3)14-17;;/h4-7,12,14,18-19,21H,8-11,13H2,1-3H3,(H,22,26);2*1H. The first-order chi connectivity index (χ1) is 13.1. The Bertz CT molecular complexity index is 748. The van der Waals surface area contributed by atoms with E-state index in [0.29, 0.717) is 6.54 Å². The van der Waals surface area contributed by atoms with Crippen LogP contribution in [0.15, 0.2) is 36.7 Å². The van der Waals surface area contributed by atoms with Gasteiger partial charge in [0.2, 0.25) is 5.91 Å². The van der Waals surface area contributed by atoms with Crippen molar-refractivity contribution in [2.45, 2.75) is 19.0 Å². The van der Waals surface area contributed by atoms with Crippen molar-refractivity contribution in [2.24, 2.45) is 7.05 Å². The lowest BCUT2D eigenvalue weighted by atomic mass is 10.0. The fraction of sp³-hybridized carbons (Fsp3) is 0.500. The third-order valence-corrected chi connectivity index (χ3v) is 5.03. The highest BCUT2D eigenvalue weighted by Gasteiger charge is 2.25.